The monoisotopic (exact) mass is 537 g/mol. The molecule has 3 rings (SSSR count). The van der Waals surface area contributed by atoms with E-state index in [1.807, 2.05) is 26.2 Å². The number of ether oxygens (including phenoxy) is 1. The van der Waals surface area contributed by atoms with E-state index in [0.717, 1.165) is 18.3 Å². The Labute approximate surface area is 192 Å². The van der Waals surface area contributed by atoms with Crippen LogP contribution in [0.2, 0.25) is 0 Å². The van der Waals surface area contributed by atoms with E-state index in [-0.39, 0.29) is 6.03 Å². The van der Waals surface area contributed by atoms with Crippen LogP contribution in [0, 0.1) is 7.14 Å². The van der Waals surface area contributed by atoms with Crippen molar-refractivity contribution in [3.8, 4) is 5.75 Å². The van der Waals surface area contributed by atoms with Crippen LogP contribution >= 0.6 is 19.8 Å². The maximum absolute atomic E-state index is 12.1. The number of hydrogen-bond donors (Lipinski definition) is 0. The molecule has 0 spiro atoms. The zero-order valence-electron chi connectivity index (χ0n) is 19.2. The van der Waals surface area contributed by atoms with Crippen LogP contribution in [-0.4, -0.2) is 85.2 Å². The molecular weight excluding hydrogens is 505 g/mol. The summed E-state index contributed by atoms with van der Waals surface area (Å²) >= 11 is -1.47. The fourth-order valence-corrected chi connectivity index (χ4v) is 7.46. The summed E-state index contributed by atoms with van der Waals surface area (Å²) in [6, 6.07) is 17.4. The zero-order valence-corrected chi connectivity index (χ0v) is 21.3. The second-order valence-electron chi connectivity index (χ2n) is 7.64. The van der Waals surface area contributed by atoms with E-state index in [2.05, 4.69) is 63.2 Å². The Kier molecular flexibility index (Phi) is 7.64. The summed E-state index contributed by atoms with van der Waals surface area (Å²) in [5.74, 6) is 1.77. The molecule has 0 atom stereocenters. The predicted octanol–water partition coefficient (Wildman–Crippen LogP) is 3.50. The van der Waals surface area contributed by atoms with Crippen LogP contribution in [0.15, 0.2) is 53.5 Å². The van der Waals surface area contributed by atoms with Gasteiger partial charge in [-0.2, -0.15) is 0 Å². The third-order valence-electron chi connectivity index (χ3n) is 5.26. The molecule has 0 N–H and O–H groups in total. The van der Waals surface area contributed by atoms with Crippen molar-refractivity contribution in [2.75, 3.05) is 53.6 Å². The average molecular weight is 537 g/mol. The van der Waals surface area contributed by atoms with Gasteiger partial charge in [0, 0.05) is 0 Å². The van der Waals surface area contributed by atoms with Crippen LogP contribution in [0.4, 0.5) is 4.79 Å². The number of aliphatic imine (C=N–C) groups is 1. The number of carbonyl (C=O) groups excluding carboxylic acids is 1. The number of amides is 2. The van der Waals surface area contributed by atoms with Gasteiger partial charge in [-0.3, -0.25) is 0 Å². The molecule has 0 aliphatic carbocycles. The van der Waals surface area contributed by atoms with Crippen molar-refractivity contribution in [2.24, 2.45) is 4.99 Å². The summed E-state index contributed by atoms with van der Waals surface area (Å²) in [7, 11) is 9.18. The van der Waals surface area contributed by atoms with Crippen LogP contribution in [-0.2, 0) is 6.54 Å². The molecule has 0 saturated carbocycles. The van der Waals surface area contributed by atoms with Crippen molar-refractivity contribution in [1.29, 1.82) is 0 Å². The molecule has 2 amide bonds. The molecule has 0 aromatic heterocycles. The Morgan fingerprint density at radius 1 is 1.10 bits per heavy atom. The van der Waals surface area contributed by atoms with Crippen LogP contribution in [0.25, 0.3) is 0 Å². The van der Waals surface area contributed by atoms with E-state index in [9.17, 15) is 4.79 Å². The number of nitrogens with zero attached hydrogens (tertiary/aromatic N) is 5. The zero-order chi connectivity index (χ0) is 22.5. The molecule has 168 valence electrons. The average Bonchev–Trinajstić information content (AvgIpc) is 2.77. The Morgan fingerprint density at radius 2 is 1.74 bits per heavy atom. The van der Waals surface area contributed by atoms with Gasteiger partial charge in [-0.1, -0.05) is 0 Å². The van der Waals surface area contributed by atoms with Gasteiger partial charge in [0.2, 0.25) is 0 Å². The second-order valence-corrected chi connectivity index (χ2v) is 12.8. The number of carbonyl (C=O) groups is 1. The molecule has 1 saturated heterocycles. The van der Waals surface area contributed by atoms with Gasteiger partial charge in [0.15, 0.2) is 0 Å². The van der Waals surface area contributed by atoms with Crippen molar-refractivity contribution in [2.45, 2.75) is 6.54 Å². The van der Waals surface area contributed by atoms with Gasteiger partial charge in [-0.05, 0) is 0 Å². The van der Waals surface area contributed by atoms with Crippen LogP contribution in [0.1, 0.15) is 5.56 Å². The van der Waals surface area contributed by atoms with Crippen LogP contribution < -0.4 is 4.74 Å². The van der Waals surface area contributed by atoms with E-state index in [1.165, 1.54) is 12.7 Å². The Bertz CT molecular complexity index is 920. The molecule has 1 aliphatic rings. The SMILES string of the molecule is CN=C(N(C)Cc1cccc(I(C)c2ccc(OC)cc2)c1)N1CN(C)C(=O)N(C)C1. The van der Waals surface area contributed by atoms with Gasteiger partial charge in [0.1, 0.15) is 0 Å². The minimum absolute atomic E-state index is 0.0279. The fraction of sp³-hybridized carbons (Fsp3) is 0.391. The molecule has 2 aromatic rings. The number of guanidine groups is 1. The summed E-state index contributed by atoms with van der Waals surface area (Å²) < 4.78 is 8.13. The first-order valence-corrected chi connectivity index (χ1v) is 14.4. The van der Waals surface area contributed by atoms with E-state index >= 15 is 0 Å². The number of benzene rings is 2. The molecule has 1 heterocycles. The first-order chi connectivity index (χ1) is 14.8. The maximum atomic E-state index is 12.1. The molecule has 0 unspecified atom stereocenters. The molecule has 31 heavy (non-hydrogen) atoms. The first kappa shape index (κ1) is 23.2. The Morgan fingerprint density at radius 3 is 2.32 bits per heavy atom. The molecule has 1 fully saturated rings. The van der Waals surface area contributed by atoms with Gasteiger partial charge in [0.25, 0.3) is 0 Å². The van der Waals surface area contributed by atoms with Crippen LogP contribution in [0.3, 0.4) is 0 Å². The summed E-state index contributed by atoms with van der Waals surface area (Å²) in [6.07, 6.45) is 0. The summed E-state index contributed by atoms with van der Waals surface area (Å²) in [4.78, 5) is 26.6. The standard InChI is InChI=1S/C23H32IN5O2/c1-24(19-10-12-21(31-6)13-11-19)20-9-7-8-18(14-20)15-26(3)22(25-2)29-16-27(4)23(30)28(5)17-29/h7-14H,15-17H2,1-6H3. The van der Waals surface area contributed by atoms with Crippen molar-refractivity contribution in [3.63, 3.8) is 0 Å². The van der Waals surface area contributed by atoms with Gasteiger partial charge in [-0.25, -0.2) is 0 Å². The first-order valence-electron chi connectivity index (χ1n) is 10.1. The summed E-state index contributed by atoms with van der Waals surface area (Å²) in [5, 5.41) is 0. The summed E-state index contributed by atoms with van der Waals surface area (Å²) in [6.45, 7) is 1.82. The number of alkyl halides is 1. The topological polar surface area (TPSA) is 51.6 Å². The minimum atomic E-state index is -1.47. The quantitative estimate of drug-likeness (QED) is 0.254. The van der Waals surface area contributed by atoms with Crippen molar-refractivity contribution < 1.29 is 9.53 Å². The molecule has 0 bridgehead atoms. The molecule has 2 aromatic carbocycles. The van der Waals surface area contributed by atoms with Gasteiger partial charge in [0.05, 0.1) is 0 Å². The summed E-state index contributed by atoms with van der Waals surface area (Å²) in [5.41, 5.74) is 1.26. The van der Waals surface area contributed by atoms with Crippen molar-refractivity contribution in [1.82, 2.24) is 19.6 Å². The van der Waals surface area contributed by atoms with E-state index in [4.69, 9.17) is 4.74 Å². The Hall–Kier alpha value is -2.49. The number of urea groups is 1. The van der Waals surface area contributed by atoms with Crippen molar-refractivity contribution in [3.05, 3.63) is 61.2 Å². The van der Waals surface area contributed by atoms with Gasteiger partial charge < -0.3 is 0 Å². The van der Waals surface area contributed by atoms with E-state index in [0.29, 0.717) is 13.3 Å². The van der Waals surface area contributed by atoms with Gasteiger partial charge >= 0.3 is 193 Å². The molecule has 1 aliphatic heterocycles. The number of methoxy groups -OCH3 is 1. The fourth-order valence-electron chi connectivity index (χ4n) is 3.69. The van der Waals surface area contributed by atoms with E-state index < -0.39 is 19.8 Å². The molecule has 0 radical (unpaired) electrons. The molecule has 8 heteroatoms. The second kappa shape index (κ2) is 10.2. The van der Waals surface area contributed by atoms with Crippen LogP contribution in [0.5, 0.6) is 5.75 Å². The number of halogens is 1. The van der Waals surface area contributed by atoms with Crippen molar-refractivity contribution >= 4 is 31.8 Å². The normalized spacial score (nSPS) is 15.3. The predicted molar refractivity (Wildman–Crippen MR) is 134 cm³/mol. The molecule has 7 nitrogen and oxygen atoms in total. The molecular formula is C23H32IN5O2. The van der Waals surface area contributed by atoms with E-state index in [1.54, 1.807) is 24.0 Å². The third-order valence-corrected chi connectivity index (χ3v) is 10.4. The number of rotatable bonds is 5. The third kappa shape index (κ3) is 5.41. The van der Waals surface area contributed by atoms with Gasteiger partial charge in [-0.15, -0.1) is 0 Å². The Balaban J connectivity index is 1.72. The number of hydrogen-bond acceptors (Lipinski definition) is 3.